The van der Waals surface area contributed by atoms with E-state index in [9.17, 15) is 4.79 Å². The first-order chi connectivity index (χ1) is 5.79. The number of allylic oxidation sites excluding steroid dienone is 1. The monoisotopic (exact) mass is 164 g/mol. The molecule has 0 N–H and O–H groups in total. The van der Waals surface area contributed by atoms with Gasteiger partial charge in [-0.05, 0) is 31.6 Å². The Hall–Kier alpha value is -0.590. The molecule has 0 spiro atoms. The zero-order chi connectivity index (χ0) is 8.55. The summed E-state index contributed by atoms with van der Waals surface area (Å²) in [5, 5.41) is 0. The van der Waals surface area contributed by atoms with Gasteiger partial charge in [0.1, 0.15) is 5.78 Å². The van der Waals surface area contributed by atoms with Gasteiger partial charge >= 0.3 is 0 Å². The van der Waals surface area contributed by atoms with E-state index in [1.54, 1.807) is 0 Å². The minimum Gasteiger partial charge on any atom is -0.299 e. The van der Waals surface area contributed by atoms with Crippen LogP contribution >= 0.6 is 0 Å². The lowest BCUT2D eigenvalue weighted by Gasteiger charge is -2.14. The zero-order valence-electron chi connectivity index (χ0n) is 7.51. The van der Waals surface area contributed by atoms with E-state index in [-0.39, 0.29) is 0 Å². The molecule has 0 aromatic rings. The summed E-state index contributed by atoms with van der Waals surface area (Å²) in [6, 6.07) is 0. The fraction of sp³-hybridized carbons (Fsp3) is 0.727. The van der Waals surface area contributed by atoms with Crippen molar-refractivity contribution in [2.75, 3.05) is 0 Å². The summed E-state index contributed by atoms with van der Waals surface area (Å²) in [5.74, 6) is 1.43. The number of hydrogen-bond acceptors (Lipinski definition) is 1. The third kappa shape index (κ3) is 1.21. The van der Waals surface area contributed by atoms with Gasteiger partial charge < -0.3 is 0 Å². The minimum atomic E-state index is 0.361. The molecule has 0 radical (unpaired) electrons. The van der Waals surface area contributed by atoms with Crippen molar-refractivity contribution in [3.63, 3.8) is 0 Å². The smallest absolute Gasteiger partial charge is 0.136 e. The van der Waals surface area contributed by atoms with Gasteiger partial charge in [0.25, 0.3) is 0 Å². The molecule has 12 heavy (non-hydrogen) atoms. The third-order valence-electron chi connectivity index (χ3n) is 3.39. The van der Waals surface area contributed by atoms with Crippen molar-refractivity contribution in [2.24, 2.45) is 11.8 Å². The SMILES string of the molecule is C=C1CCC2C(=O)CCCCC12. The van der Waals surface area contributed by atoms with Gasteiger partial charge in [0, 0.05) is 12.3 Å². The Morgan fingerprint density at radius 2 is 1.92 bits per heavy atom. The summed E-state index contributed by atoms with van der Waals surface area (Å²) in [5.41, 5.74) is 1.34. The van der Waals surface area contributed by atoms with Crippen LogP contribution in [0.3, 0.4) is 0 Å². The van der Waals surface area contributed by atoms with Crippen LogP contribution in [0.25, 0.3) is 0 Å². The second-order valence-electron chi connectivity index (χ2n) is 4.12. The number of Topliss-reactive ketones (excluding diaryl/α,β-unsaturated/α-hetero) is 1. The Kier molecular flexibility index (Phi) is 2.03. The van der Waals surface area contributed by atoms with Crippen LogP contribution in [0.2, 0.25) is 0 Å². The molecule has 2 atom stereocenters. The average molecular weight is 164 g/mol. The second kappa shape index (κ2) is 3.04. The molecule has 2 aliphatic carbocycles. The largest absolute Gasteiger partial charge is 0.299 e. The van der Waals surface area contributed by atoms with Gasteiger partial charge in [0.15, 0.2) is 0 Å². The number of ketones is 1. The summed E-state index contributed by atoms with van der Waals surface area (Å²) in [6.45, 7) is 4.06. The Labute approximate surface area is 73.8 Å². The van der Waals surface area contributed by atoms with Crippen molar-refractivity contribution in [3.8, 4) is 0 Å². The van der Waals surface area contributed by atoms with Gasteiger partial charge in [0.2, 0.25) is 0 Å². The molecule has 0 bridgehead atoms. The van der Waals surface area contributed by atoms with Gasteiger partial charge in [-0.15, -0.1) is 0 Å². The van der Waals surface area contributed by atoms with Crippen molar-refractivity contribution in [1.29, 1.82) is 0 Å². The number of rotatable bonds is 0. The number of carbonyl (C=O) groups excluding carboxylic acids is 1. The second-order valence-corrected chi connectivity index (χ2v) is 4.12. The summed E-state index contributed by atoms with van der Waals surface area (Å²) in [4.78, 5) is 11.6. The molecule has 1 nitrogen and oxygen atoms in total. The van der Waals surface area contributed by atoms with Crippen molar-refractivity contribution in [1.82, 2.24) is 0 Å². The van der Waals surface area contributed by atoms with Crippen molar-refractivity contribution in [2.45, 2.75) is 38.5 Å². The summed E-state index contributed by atoms with van der Waals surface area (Å²) < 4.78 is 0. The summed E-state index contributed by atoms with van der Waals surface area (Å²) >= 11 is 0. The predicted octanol–water partition coefficient (Wildman–Crippen LogP) is 2.71. The normalized spacial score (nSPS) is 36.3. The van der Waals surface area contributed by atoms with Crippen LogP contribution in [0.5, 0.6) is 0 Å². The van der Waals surface area contributed by atoms with Crippen LogP contribution in [-0.2, 0) is 4.79 Å². The van der Waals surface area contributed by atoms with Gasteiger partial charge in [-0.1, -0.05) is 18.6 Å². The lowest BCUT2D eigenvalue weighted by molar-refractivity contribution is -0.123. The first-order valence-corrected chi connectivity index (χ1v) is 4.99. The first-order valence-electron chi connectivity index (χ1n) is 4.99. The number of carbonyl (C=O) groups is 1. The molecule has 2 unspecified atom stereocenters. The van der Waals surface area contributed by atoms with E-state index in [4.69, 9.17) is 0 Å². The quantitative estimate of drug-likeness (QED) is 0.503. The molecule has 0 amide bonds. The van der Waals surface area contributed by atoms with Gasteiger partial charge in [-0.3, -0.25) is 4.79 Å². The van der Waals surface area contributed by atoms with E-state index < -0.39 is 0 Å². The van der Waals surface area contributed by atoms with Gasteiger partial charge in [0.05, 0.1) is 0 Å². The molecule has 0 aromatic heterocycles. The molecular formula is C11H16O. The van der Waals surface area contributed by atoms with Gasteiger partial charge in [-0.25, -0.2) is 0 Å². The molecule has 0 heterocycles. The zero-order valence-corrected chi connectivity index (χ0v) is 7.51. The molecular weight excluding hydrogens is 148 g/mol. The fourth-order valence-electron chi connectivity index (χ4n) is 2.65. The molecule has 0 aromatic carbocycles. The maximum atomic E-state index is 11.6. The maximum Gasteiger partial charge on any atom is 0.136 e. The van der Waals surface area contributed by atoms with Crippen molar-refractivity contribution in [3.05, 3.63) is 12.2 Å². The average Bonchev–Trinajstić information content (AvgIpc) is 2.30. The minimum absolute atomic E-state index is 0.361. The highest BCUT2D eigenvalue weighted by molar-refractivity contribution is 5.82. The number of fused-ring (bicyclic) bond motifs is 1. The maximum absolute atomic E-state index is 11.6. The van der Waals surface area contributed by atoms with Crippen LogP contribution in [0.4, 0.5) is 0 Å². The highest BCUT2D eigenvalue weighted by Gasteiger charge is 2.35. The molecule has 2 rings (SSSR count). The standard InChI is InChI=1S/C11H16O/c1-8-6-7-10-9(8)4-2-3-5-11(10)12/h9-10H,1-7H2. The molecule has 1 heteroatoms. The molecule has 66 valence electrons. The Balaban J connectivity index is 2.18. The summed E-state index contributed by atoms with van der Waals surface area (Å²) in [6.07, 6.45) is 6.57. The van der Waals surface area contributed by atoms with E-state index in [1.807, 2.05) is 0 Å². The van der Waals surface area contributed by atoms with Crippen molar-refractivity contribution < 1.29 is 4.79 Å². The predicted molar refractivity (Wildman–Crippen MR) is 48.8 cm³/mol. The van der Waals surface area contributed by atoms with E-state index in [0.29, 0.717) is 17.6 Å². The topological polar surface area (TPSA) is 17.1 Å². The third-order valence-corrected chi connectivity index (χ3v) is 3.39. The molecule has 0 saturated heterocycles. The van der Waals surface area contributed by atoms with E-state index in [0.717, 1.165) is 25.7 Å². The van der Waals surface area contributed by atoms with E-state index in [2.05, 4.69) is 6.58 Å². The van der Waals surface area contributed by atoms with E-state index in [1.165, 1.54) is 18.4 Å². The van der Waals surface area contributed by atoms with Crippen LogP contribution in [0.1, 0.15) is 38.5 Å². The Morgan fingerprint density at radius 1 is 1.08 bits per heavy atom. The first kappa shape index (κ1) is 8.03. The van der Waals surface area contributed by atoms with Crippen LogP contribution < -0.4 is 0 Å². The fourth-order valence-corrected chi connectivity index (χ4v) is 2.65. The highest BCUT2D eigenvalue weighted by Crippen LogP contribution is 2.41. The van der Waals surface area contributed by atoms with Crippen LogP contribution in [0.15, 0.2) is 12.2 Å². The Morgan fingerprint density at radius 3 is 2.75 bits per heavy atom. The molecule has 2 saturated carbocycles. The van der Waals surface area contributed by atoms with Crippen molar-refractivity contribution >= 4 is 5.78 Å². The van der Waals surface area contributed by atoms with Crippen LogP contribution in [-0.4, -0.2) is 5.78 Å². The summed E-state index contributed by atoms with van der Waals surface area (Å²) in [7, 11) is 0. The molecule has 2 fully saturated rings. The van der Waals surface area contributed by atoms with E-state index >= 15 is 0 Å². The van der Waals surface area contributed by atoms with Gasteiger partial charge in [-0.2, -0.15) is 0 Å². The molecule has 2 aliphatic rings. The lowest BCUT2D eigenvalue weighted by Crippen LogP contribution is -2.16. The number of hydrogen-bond donors (Lipinski definition) is 0. The highest BCUT2D eigenvalue weighted by atomic mass is 16.1. The molecule has 0 aliphatic heterocycles. The van der Waals surface area contributed by atoms with Crippen LogP contribution in [0, 0.1) is 11.8 Å². The Bertz CT molecular complexity index is 217. The lowest BCUT2D eigenvalue weighted by atomic mass is 9.89.